The first-order valence-electron chi connectivity index (χ1n) is 6.37. The van der Waals surface area contributed by atoms with Gasteiger partial charge in [-0.1, -0.05) is 18.2 Å². The number of hydrogen-bond donors (Lipinski definition) is 0. The summed E-state index contributed by atoms with van der Waals surface area (Å²) in [5.41, 5.74) is 0.354. The zero-order chi connectivity index (χ0) is 14.2. The van der Waals surface area contributed by atoms with Gasteiger partial charge in [-0.05, 0) is 29.8 Å². The molecule has 1 fully saturated rings. The van der Waals surface area contributed by atoms with Crippen molar-refractivity contribution < 1.29 is 13.2 Å². The molecule has 0 bridgehead atoms. The van der Waals surface area contributed by atoms with E-state index in [1.54, 1.807) is 18.3 Å². The summed E-state index contributed by atoms with van der Waals surface area (Å²) in [7, 11) is 0. The fraction of sp³-hybridized carbons (Fsp3) is 0.267. The number of halogens is 3. The van der Waals surface area contributed by atoms with Crippen LogP contribution in [0.1, 0.15) is 17.0 Å². The molecular formula is C15H13F3N2. The van der Waals surface area contributed by atoms with Gasteiger partial charge in [0.25, 0.3) is 0 Å². The van der Waals surface area contributed by atoms with Gasteiger partial charge < -0.3 is 4.90 Å². The molecule has 2 nitrogen and oxygen atoms in total. The highest BCUT2D eigenvalue weighted by Crippen LogP contribution is 2.33. The molecule has 0 atom stereocenters. The van der Waals surface area contributed by atoms with Crippen molar-refractivity contribution >= 4 is 5.82 Å². The molecule has 5 heteroatoms. The van der Waals surface area contributed by atoms with E-state index in [1.165, 1.54) is 0 Å². The molecule has 1 aromatic carbocycles. The van der Waals surface area contributed by atoms with E-state index >= 15 is 0 Å². The van der Waals surface area contributed by atoms with Crippen LogP contribution in [0.4, 0.5) is 19.0 Å². The van der Waals surface area contributed by atoms with Gasteiger partial charge in [-0.3, -0.25) is 0 Å². The lowest BCUT2D eigenvalue weighted by molar-refractivity contribution is -0.137. The van der Waals surface area contributed by atoms with Gasteiger partial charge in [0.15, 0.2) is 0 Å². The third-order valence-electron chi connectivity index (χ3n) is 3.56. The van der Waals surface area contributed by atoms with Gasteiger partial charge in [0.2, 0.25) is 0 Å². The van der Waals surface area contributed by atoms with Gasteiger partial charge in [-0.25, -0.2) is 4.98 Å². The van der Waals surface area contributed by atoms with E-state index in [0.29, 0.717) is 0 Å². The van der Waals surface area contributed by atoms with E-state index in [9.17, 15) is 13.2 Å². The van der Waals surface area contributed by atoms with Gasteiger partial charge >= 0.3 is 6.18 Å². The molecular weight excluding hydrogens is 265 g/mol. The normalized spacial score (nSPS) is 16.1. The quantitative estimate of drug-likeness (QED) is 0.832. The fourth-order valence-electron chi connectivity index (χ4n) is 2.36. The van der Waals surface area contributed by atoms with E-state index in [0.717, 1.165) is 36.6 Å². The SMILES string of the molecule is FC(F)(F)c1ccc(C2CN(c3ccccn3)C2)cc1. The minimum atomic E-state index is -4.27. The zero-order valence-electron chi connectivity index (χ0n) is 10.6. The third kappa shape index (κ3) is 2.48. The Morgan fingerprint density at radius 3 is 2.25 bits per heavy atom. The van der Waals surface area contributed by atoms with E-state index < -0.39 is 11.7 Å². The van der Waals surface area contributed by atoms with Crippen molar-refractivity contribution in [3.63, 3.8) is 0 Å². The van der Waals surface area contributed by atoms with Crippen LogP contribution in [0.2, 0.25) is 0 Å². The van der Waals surface area contributed by atoms with Crippen LogP contribution < -0.4 is 4.90 Å². The summed E-state index contributed by atoms with van der Waals surface area (Å²) in [6.45, 7) is 1.59. The molecule has 1 saturated heterocycles. The maximum atomic E-state index is 12.5. The van der Waals surface area contributed by atoms with Gasteiger partial charge in [-0.15, -0.1) is 0 Å². The molecule has 2 heterocycles. The Morgan fingerprint density at radius 1 is 1.00 bits per heavy atom. The van der Waals surface area contributed by atoms with Crippen LogP contribution in [0.5, 0.6) is 0 Å². The molecule has 104 valence electrons. The number of alkyl halides is 3. The van der Waals surface area contributed by atoms with E-state index in [4.69, 9.17) is 0 Å². The average molecular weight is 278 g/mol. The van der Waals surface area contributed by atoms with E-state index in [-0.39, 0.29) is 5.92 Å². The summed E-state index contributed by atoms with van der Waals surface area (Å²) in [5.74, 6) is 1.19. The van der Waals surface area contributed by atoms with Gasteiger partial charge in [-0.2, -0.15) is 13.2 Å². The van der Waals surface area contributed by atoms with E-state index in [1.807, 2.05) is 18.2 Å². The molecule has 0 aliphatic carbocycles. The van der Waals surface area contributed by atoms with Crippen LogP contribution >= 0.6 is 0 Å². The van der Waals surface area contributed by atoms with Crippen LogP contribution in [-0.2, 0) is 6.18 Å². The van der Waals surface area contributed by atoms with Crippen molar-refractivity contribution in [3.8, 4) is 0 Å². The molecule has 1 aromatic heterocycles. The molecule has 1 aliphatic rings. The van der Waals surface area contributed by atoms with E-state index in [2.05, 4.69) is 9.88 Å². The zero-order valence-corrected chi connectivity index (χ0v) is 10.6. The second kappa shape index (κ2) is 4.81. The summed E-state index contributed by atoms with van der Waals surface area (Å²) in [6, 6.07) is 11.2. The van der Waals surface area contributed by atoms with Crippen molar-refractivity contribution in [1.29, 1.82) is 0 Å². The lowest BCUT2D eigenvalue weighted by atomic mass is 9.91. The number of rotatable bonds is 2. The monoisotopic (exact) mass is 278 g/mol. The van der Waals surface area contributed by atoms with Crippen LogP contribution in [0.15, 0.2) is 48.7 Å². The summed E-state index contributed by atoms with van der Waals surface area (Å²) >= 11 is 0. The largest absolute Gasteiger partial charge is 0.416 e. The minimum absolute atomic E-state index is 0.277. The van der Waals surface area contributed by atoms with Crippen LogP contribution in [0.25, 0.3) is 0 Å². The second-order valence-electron chi connectivity index (χ2n) is 4.91. The number of pyridine rings is 1. The Balaban J connectivity index is 1.66. The maximum absolute atomic E-state index is 12.5. The standard InChI is InChI=1S/C15H13F3N2/c16-15(17,18)13-6-4-11(5-7-13)12-9-20(10-12)14-3-1-2-8-19-14/h1-8,12H,9-10H2. The minimum Gasteiger partial charge on any atom is -0.355 e. The second-order valence-corrected chi connectivity index (χ2v) is 4.91. The first-order chi connectivity index (χ1) is 9.54. The molecule has 3 rings (SSSR count). The third-order valence-corrected chi connectivity index (χ3v) is 3.56. The number of anilines is 1. The number of hydrogen-bond acceptors (Lipinski definition) is 2. The topological polar surface area (TPSA) is 16.1 Å². The first kappa shape index (κ1) is 13.0. The molecule has 20 heavy (non-hydrogen) atoms. The predicted molar refractivity (Wildman–Crippen MR) is 70.6 cm³/mol. The highest BCUT2D eigenvalue weighted by atomic mass is 19.4. The Kier molecular flexibility index (Phi) is 3.12. The van der Waals surface area contributed by atoms with Crippen LogP contribution in [-0.4, -0.2) is 18.1 Å². The number of nitrogens with zero attached hydrogens (tertiary/aromatic N) is 2. The number of aromatic nitrogens is 1. The van der Waals surface area contributed by atoms with Crippen molar-refractivity contribution in [2.75, 3.05) is 18.0 Å². The first-order valence-corrected chi connectivity index (χ1v) is 6.37. The molecule has 2 aromatic rings. The lowest BCUT2D eigenvalue weighted by Gasteiger charge is -2.40. The van der Waals surface area contributed by atoms with Crippen LogP contribution in [0, 0.1) is 0 Å². The summed E-state index contributed by atoms with van der Waals surface area (Å²) in [5, 5.41) is 0. The van der Waals surface area contributed by atoms with Crippen molar-refractivity contribution in [1.82, 2.24) is 4.98 Å². The summed E-state index contributed by atoms with van der Waals surface area (Å²) in [6.07, 6.45) is -2.53. The summed E-state index contributed by atoms with van der Waals surface area (Å²) in [4.78, 5) is 6.37. The van der Waals surface area contributed by atoms with Crippen molar-refractivity contribution in [2.45, 2.75) is 12.1 Å². The van der Waals surface area contributed by atoms with Gasteiger partial charge in [0.05, 0.1) is 5.56 Å². The average Bonchev–Trinajstić information content (AvgIpc) is 2.38. The summed E-state index contributed by atoms with van der Waals surface area (Å²) < 4.78 is 37.5. The number of benzene rings is 1. The molecule has 0 radical (unpaired) electrons. The van der Waals surface area contributed by atoms with Gasteiger partial charge in [0, 0.05) is 25.2 Å². The highest BCUT2D eigenvalue weighted by molar-refractivity contribution is 5.44. The molecule has 1 aliphatic heterocycles. The Hall–Kier alpha value is -2.04. The lowest BCUT2D eigenvalue weighted by Crippen LogP contribution is -2.45. The molecule has 0 unspecified atom stereocenters. The predicted octanol–water partition coefficient (Wildman–Crippen LogP) is 3.70. The smallest absolute Gasteiger partial charge is 0.355 e. The maximum Gasteiger partial charge on any atom is 0.416 e. The molecule has 0 amide bonds. The Labute approximate surface area is 114 Å². The van der Waals surface area contributed by atoms with Crippen molar-refractivity contribution in [2.24, 2.45) is 0 Å². The highest BCUT2D eigenvalue weighted by Gasteiger charge is 2.32. The Morgan fingerprint density at radius 2 is 1.70 bits per heavy atom. The molecule has 0 saturated carbocycles. The molecule has 0 spiro atoms. The molecule has 0 N–H and O–H groups in total. The van der Waals surface area contributed by atoms with Crippen molar-refractivity contribution in [3.05, 3.63) is 59.8 Å². The Bertz CT molecular complexity index is 572. The van der Waals surface area contributed by atoms with Crippen LogP contribution in [0.3, 0.4) is 0 Å². The fourth-order valence-corrected chi connectivity index (χ4v) is 2.36. The van der Waals surface area contributed by atoms with Gasteiger partial charge in [0.1, 0.15) is 5.82 Å².